The number of halogens is 3. The van der Waals surface area contributed by atoms with Crippen molar-refractivity contribution < 1.29 is 17.9 Å². The molecule has 2 aromatic carbocycles. The molecule has 0 aliphatic rings. The van der Waals surface area contributed by atoms with Crippen molar-refractivity contribution in [2.75, 3.05) is 0 Å². The predicted molar refractivity (Wildman–Crippen MR) is 84.2 cm³/mol. The molecule has 120 valence electrons. The first-order chi connectivity index (χ1) is 11.5. The quantitative estimate of drug-likeness (QED) is 0.499. The second-order valence-corrected chi connectivity index (χ2v) is 5.30. The average molecular weight is 328 g/mol. The van der Waals surface area contributed by atoms with E-state index in [9.17, 15) is 13.2 Å². The van der Waals surface area contributed by atoms with Crippen LogP contribution in [0.4, 0.5) is 13.2 Å². The molecule has 4 rings (SSSR count). The minimum absolute atomic E-state index is 0.0932. The van der Waals surface area contributed by atoms with Gasteiger partial charge in [-0.1, -0.05) is 18.2 Å². The van der Waals surface area contributed by atoms with Crippen LogP contribution in [0.15, 0.2) is 66.9 Å². The summed E-state index contributed by atoms with van der Waals surface area (Å²) in [6, 6.07) is 15.9. The second-order valence-electron chi connectivity index (χ2n) is 5.30. The van der Waals surface area contributed by atoms with Crippen LogP contribution in [-0.4, -0.2) is 9.38 Å². The Morgan fingerprint density at radius 3 is 2.50 bits per heavy atom. The normalized spacial score (nSPS) is 12.0. The van der Waals surface area contributed by atoms with E-state index in [2.05, 4.69) is 4.98 Å². The summed E-state index contributed by atoms with van der Waals surface area (Å²) >= 11 is 0. The Balaban J connectivity index is 1.83. The van der Waals surface area contributed by atoms with Crippen LogP contribution >= 0.6 is 0 Å². The molecule has 0 saturated heterocycles. The average Bonchev–Trinajstić information content (AvgIpc) is 3.05. The zero-order valence-electron chi connectivity index (χ0n) is 12.3. The molecule has 0 spiro atoms. The van der Waals surface area contributed by atoms with Gasteiger partial charge in [0.25, 0.3) is 0 Å². The molecule has 2 aromatic heterocycles. The maximum Gasteiger partial charge on any atom is 0.416 e. The zero-order valence-corrected chi connectivity index (χ0v) is 12.3. The highest BCUT2D eigenvalue weighted by Gasteiger charge is 2.30. The molecular formula is C18H11F3N2O. The number of rotatable bonds is 2. The molecule has 0 aliphatic carbocycles. The molecule has 0 atom stereocenters. The fourth-order valence-corrected chi connectivity index (χ4v) is 2.62. The highest BCUT2D eigenvalue weighted by atomic mass is 19.4. The van der Waals surface area contributed by atoms with Crippen LogP contribution < -0.4 is 4.74 Å². The Kier molecular flexibility index (Phi) is 3.19. The third kappa shape index (κ3) is 2.46. The standard InChI is InChI=1S/C18H11F3N2O/c19-18(20,21)12-5-3-6-13(11-12)24-17-16-9-4-10-23(16)15-8-2-1-7-14(15)22-17/h1-11H. The van der Waals surface area contributed by atoms with E-state index in [1.165, 1.54) is 12.1 Å². The number of nitrogens with zero attached hydrogens (tertiary/aromatic N) is 2. The molecule has 0 saturated carbocycles. The number of aromatic nitrogens is 2. The van der Waals surface area contributed by atoms with Crippen molar-refractivity contribution in [3.05, 3.63) is 72.4 Å². The number of para-hydroxylation sites is 2. The second kappa shape index (κ2) is 5.26. The third-order valence-electron chi connectivity index (χ3n) is 3.71. The van der Waals surface area contributed by atoms with Gasteiger partial charge in [-0.25, -0.2) is 4.98 Å². The summed E-state index contributed by atoms with van der Waals surface area (Å²) in [4.78, 5) is 4.44. The summed E-state index contributed by atoms with van der Waals surface area (Å²) in [7, 11) is 0. The Bertz CT molecular complexity index is 1040. The maximum absolute atomic E-state index is 12.8. The number of hydrogen-bond acceptors (Lipinski definition) is 2. The zero-order chi connectivity index (χ0) is 16.7. The number of fused-ring (bicyclic) bond motifs is 3. The van der Waals surface area contributed by atoms with E-state index in [4.69, 9.17) is 4.74 Å². The van der Waals surface area contributed by atoms with E-state index in [-0.39, 0.29) is 11.6 Å². The van der Waals surface area contributed by atoms with Gasteiger partial charge in [0, 0.05) is 6.20 Å². The highest BCUT2D eigenvalue weighted by molar-refractivity contribution is 5.81. The van der Waals surface area contributed by atoms with Crippen LogP contribution in [0.3, 0.4) is 0 Å². The maximum atomic E-state index is 12.8. The van der Waals surface area contributed by atoms with Crippen molar-refractivity contribution in [3.8, 4) is 11.6 Å². The molecular weight excluding hydrogens is 317 g/mol. The number of hydrogen-bond donors (Lipinski definition) is 0. The molecule has 0 fully saturated rings. The Morgan fingerprint density at radius 1 is 0.875 bits per heavy atom. The van der Waals surface area contributed by atoms with Crippen molar-refractivity contribution in [1.29, 1.82) is 0 Å². The van der Waals surface area contributed by atoms with Crippen LogP contribution in [-0.2, 0) is 6.18 Å². The summed E-state index contributed by atoms with van der Waals surface area (Å²) in [5.74, 6) is 0.355. The van der Waals surface area contributed by atoms with Gasteiger partial charge in [0.05, 0.1) is 16.6 Å². The van der Waals surface area contributed by atoms with Crippen LogP contribution in [0.25, 0.3) is 16.6 Å². The molecule has 0 unspecified atom stereocenters. The van der Waals surface area contributed by atoms with Crippen molar-refractivity contribution >= 4 is 16.6 Å². The van der Waals surface area contributed by atoms with E-state index in [0.29, 0.717) is 11.0 Å². The van der Waals surface area contributed by atoms with Crippen LogP contribution in [0.2, 0.25) is 0 Å². The van der Waals surface area contributed by atoms with Crippen molar-refractivity contribution in [1.82, 2.24) is 9.38 Å². The fourth-order valence-electron chi connectivity index (χ4n) is 2.62. The molecule has 4 aromatic rings. The Morgan fingerprint density at radius 2 is 1.67 bits per heavy atom. The van der Waals surface area contributed by atoms with E-state index in [0.717, 1.165) is 17.6 Å². The van der Waals surface area contributed by atoms with Gasteiger partial charge >= 0.3 is 6.18 Å². The first-order valence-electron chi connectivity index (χ1n) is 7.23. The van der Waals surface area contributed by atoms with E-state index in [1.54, 1.807) is 0 Å². The van der Waals surface area contributed by atoms with Crippen LogP contribution in [0.1, 0.15) is 5.56 Å². The first kappa shape index (κ1) is 14.6. The number of benzene rings is 2. The largest absolute Gasteiger partial charge is 0.437 e. The molecule has 3 nitrogen and oxygen atoms in total. The van der Waals surface area contributed by atoms with Crippen molar-refractivity contribution in [2.24, 2.45) is 0 Å². The van der Waals surface area contributed by atoms with Gasteiger partial charge in [0.15, 0.2) is 0 Å². The van der Waals surface area contributed by atoms with E-state index in [1.807, 2.05) is 47.0 Å². The minimum Gasteiger partial charge on any atom is -0.437 e. The van der Waals surface area contributed by atoms with Gasteiger partial charge in [-0.05, 0) is 42.5 Å². The molecule has 2 heterocycles. The fraction of sp³-hybridized carbons (Fsp3) is 0.0556. The summed E-state index contributed by atoms with van der Waals surface area (Å²) in [5, 5.41) is 0. The molecule has 0 N–H and O–H groups in total. The highest BCUT2D eigenvalue weighted by Crippen LogP contribution is 2.33. The summed E-state index contributed by atoms with van der Waals surface area (Å²) in [5.41, 5.74) is 1.52. The van der Waals surface area contributed by atoms with Crippen molar-refractivity contribution in [3.63, 3.8) is 0 Å². The van der Waals surface area contributed by atoms with Gasteiger partial charge in [-0.15, -0.1) is 0 Å². The number of ether oxygens (including phenoxy) is 1. The van der Waals surface area contributed by atoms with Gasteiger partial charge < -0.3 is 9.14 Å². The van der Waals surface area contributed by atoms with Gasteiger partial charge in [0.1, 0.15) is 11.3 Å². The summed E-state index contributed by atoms with van der Waals surface area (Å²) in [6.45, 7) is 0. The molecule has 0 radical (unpaired) electrons. The van der Waals surface area contributed by atoms with Gasteiger partial charge in [-0.3, -0.25) is 0 Å². The molecule has 0 amide bonds. The third-order valence-corrected chi connectivity index (χ3v) is 3.71. The first-order valence-corrected chi connectivity index (χ1v) is 7.23. The lowest BCUT2D eigenvalue weighted by Gasteiger charge is -2.11. The predicted octanol–water partition coefficient (Wildman–Crippen LogP) is 5.30. The minimum atomic E-state index is -4.42. The van der Waals surface area contributed by atoms with Crippen LogP contribution in [0, 0.1) is 0 Å². The lowest BCUT2D eigenvalue weighted by molar-refractivity contribution is -0.137. The van der Waals surface area contributed by atoms with Crippen molar-refractivity contribution in [2.45, 2.75) is 6.18 Å². The van der Waals surface area contributed by atoms with Gasteiger partial charge in [0.2, 0.25) is 5.88 Å². The van der Waals surface area contributed by atoms with E-state index < -0.39 is 11.7 Å². The monoisotopic (exact) mass is 328 g/mol. The molecule has 24 heavy (non-hydrogen) atoms. The van der Waals surface area contributed by atoms with Crippen LogP contribution in [0.5, 0.6) is 11.6 Å². The lowest BCUT2D eigenvalue weighted by atomic mass is 10.2. The summed E-state index contributed by atoms with van der Waals surface area (Å²) in [6.07, 6.45) is -2.56. The topological polar surface area (TPSA) is 26.5 Å². The van der Waals surface area contributed by atoms with E-state index >= 15 is 0 Å². The van der Waals surface area contributed by atoms with Gasteiger partial charge in [-0.2, -0.15) is 13.2 Å². The Labute approximate surface area is 134 Å². The summed E-state index contributed by atoms with van der Waals surface area (Å²) < 4.78 is 46.1. The molecule has 6 heteroatoms. The Hall–Kier alpha value is -3.02. The molecule has 0 bridgehead atoms. The SMILES string of the molecule is FC(F)(F)c1cccc(Oc2nc3ccccc3n3cccc23)c1. The lowest BCUT2D eigenvalue weighted by Crippen LogP contribution is -2.04. The number of alkyl halides is 3. The smallest absolute Gasteiger partial charge is 0.416 e. The molecule has 0 aliphatic heterocycles.